The Morgan fingerprint density at radius 3 is 1.86 bits per heavy atom. The molecule has 2 aromatic heterocycles. The van der Waals surface area contributed by atoms with Crippen LogP contribution in [0, 0.1) is 5.92 Å². The van der Waals surface area contributed by atoms with Crippen LogP contribution in [0.3, 0.4) is 0 Å². The van der Waals surface area contributed by atoms with Gasteiger partial charge in [-0.25, -0.2) is 9.97 Å². The average Bonchev–Trinajstić information content (AvgIpc) is 2.74. The minimum atomic E-state index is 0.149. The highest BCUT2D eigenvalue weighted by Gasteiger charge is 2.52. The van der Waals surface area contributed by atoms with E-state index in [4.69, 9.17) is 19.4 Å². The minimum Gasteiger partial charge on any atom is -0.480 e. The van der Waals surface area contributed by atoms with E-state index in [1.165, 1.54) is 5.56 Å². The molecule has 4 atom stereocenters. The largest absolute Gasteiger partial charge is 0.480 e. The van der Waals surface area contributed by atoms with Crippen LogP contribution in [0.25, 0.3) is 0 Å². The quantitative estimate of drug-likeness (QED) is 0.648. The molecular weight excluding hydrogens is 352 g/mol. The molecule has 144 valence electrons. The van der Waals surface area contributed by atoms with Crippen LogP contribution >= 0.6 is 0 Å². The van der Waals surface area contributed by atoms with Gasteiger partial charge in [0.2, 0.25) is 11.8 Å². The topological polar surface area (TPSA) is 70.0 Å². The second kappa shape index (κ2) is 7.92. The summed E-state index contributed by atoms with van der Waals surface area (Å²) in [7, 11) is 3.23. The predicted octanol–water partition coefficient (Wildman–Crippen LogP) is 3.97. The number of benzene rings is 1. The molecule has 3 aromatic rings. The first-order valence-electron chi connectivity index (χ1n) is 9.53. The summed E-state index contributed by atoms with van der Waals surface area (Å²) in [6.45, 7) is 2.23. The van der Waals surface area contributed by atoms with Gasteiger partial charge in [-0.2, -0.15) is 0 Å². The molecule has 6 nitrogen and oxygen atoms in total. The molecule has 0 aliphatic heterocycles. The molecule has 1 fully saturated rings. The summed E-state index contributed by atoms with van der Waals surface area (Å²) in [4.78, 5) is 18.1. The SMILES string of the molecule is CCC1C(c2ccccc2)C(c2cncc(OC)n2)C1c1cncc(OC)n1. The number of rotatable bonds is 6. The van der Waals surface area contributed by atoms with Crippen LogP contribution < -0.4 is 9.47 Å². The van der Waals surface area contributed by atoms with E-state index in [-0.39, 0.29) is 11.8 Å². The number of aromatic nitrogens is 4. The normalized spacial score (nSPS) is 23.7. The summed E-state index contributed by atoms with van der Waals surface area (Å²) in [6.07, 6.45) is 8.00. The molecular formula is C22H24N4O2. The summed E-state index contributed by atoms with van der Waals surface area (Å²) in [5.41, 5.74) is 3.18. The molecule has 4 unspecified atom stereocenters. The predicted molar refractivity (Wildman–Crippen MR) is 106 cm³/mol. The van der Waals surface area contributed by atoms with Crippen LogP contribution in [-0.4, -0.2) is 34.2 Å². The van der Waals surface area contributed by atoms with Crippen LogP contribution in [0.2, 0.25) is 0 Å². The third kappa shape index (κ3) is 3.19. The van der Waals surface area contributed by atoms with E-state index in [9.17, 15) is 0 Å². The Morgan fingerprint density at radius 1 is 0.750 bits per heavy atom. The van der Waals surface area contributed by atoms with Gasteiger partial charge in [-0.05, 0) is 17.4 Å². The van der Waals surface area contributed by atoms with Gasteiger partial charge in [-0.15, -0.1) is 0 Å². The molecule has 6 heteroatoms. The Hall–Kier alpha value is -3.02. The molecule has 1 saturated carbocycles. The van der Waals surface area contributed by atoms with Crippen molar-refractivity contribution in [3.63, 3.8) is 0 Å². The lowest BCUT2D eigenvalue weighted by Gasteiger charge is -2.51. The van der Waals surface area contributed by atoms with Crippen molar-refractivity contribution >= 4 is 0 Å². The lowest BCUT2D eigenvalue weighted by atomic mass is 9.52. The molecule has 0 radical (unpaired) electrons. The van der Waals surface area contributed by atoms with Gasteiger partial charge in [0.15, 0.2) is 0 Å². The Balaban J connectivity index is 1.80. The second-order valence-corrected chi connectivity index (χ2v) is 7.03. The van der Waals surface area contributed by atoms with Gasteiger partial charge >= 0.3 is 0 Å². The van der Waals surface area contributed by atoms with Crippen LogP contribution in [0.15, 0.2) is 55.1 Å². The van der Waals surface area contributed by atoms with Crippen molar-refractivity contribution in [2.75, 3.05) is 14.2 Å². The van der Waals surface area contributed by atoms with Gasteiger partial charge in [-0.3, -0.25) is 9.97 Å². The first kappa shape index (κ1) is 18.3. The van der Waals surface area contributed by atoms with E-state index in [1.54, 1.807) is 26.6 Å². The van der Waals surface area contributed by atoms with Crippen molar-refractivity contribution in [1.29, 1.82) is 0 Å². The van der Waals surface area contributed by atoms with E-state index in [0.717, 1.165) is 17.8 Å². The molecule has 0 spiro atoms. The summed E-state index contributed by atoms with van der Waals surface area (Å²) in [6, 6.07) is 10.6. The van der Waals surface area contributed by atoms with Crippen LogP contribution in [0.1, 0.15) is 48.0 Å². The first-order valence-corrected chi connectivity index (χ1v) is 9.53. The molecule has 0 amide bonds. The summed E-state index contributed by atoms with van der Waals surface area (Å²) < 4.78 is 10.6. The van der Waals surface area contributed by atoms with E-state index in [1.807, 2.05) is 12.4 Å². The zero-order valence-corrected chi connectivity index (χ0v) is 16.3. The smallest absolute Gasteiger partial charge is 0.232 e. The lowest BCUT2D eigenvalue weighted by Crippen LogP contribution is -2.42. The fourth-order valence-electron chi connectivity index (χ4n) is 4.49. The van der Waals surface area contributed by atoms with Crippen molar-refractivity contribution in [1.82, 2.24) is 19.9 Å². The zero-order valence-electron chi connectivity index (χ0n) is 16.3. The molecule has 28 heavy (non-hydrogen) atoms. The van der Waals surface area contributed by atoms with Gasteiger partial charge in [0, 0.05) is 24.2 Å². The third-order valence-corrected chi connectivity index (χ3v) is 5.72. The van der Waals surface area contributed by atoms with Gasteiger partial charge < -0.3 is 9.47 Å². The Bertz CT molecular complexity index is 935. The highest BCUT2D eigenvalue weighted by molar-refractivity contribution is 5.38. The third-order valence-electron chi connectivity index (χ3n) is 5.72. The van der Waals surface area contributed by atoms with Crippen molar-refractivity contribution in [2.45, 2.75) is 31.1 Å². The summed E-state index contributed by atoms with van der Waals surface area (Å²) in [5.74, 6) is 2.17. The number of nitrogens with zero attached hydrogens (tertiary/aromatic N) is 4. The van der Waals surface area contributed by atoms with Crippen molar-refractivity contribution in [2.24, 2.45) is 5.92 Å². The van der Waals surface area contributed by atoms with Gasteiger partial charge in [0.25, 0.3) is 0 Å². The second-order valence-electron chi connectivity index (χ2n) is 7.03. The summed E-state index contributed by atoms with van der Waals surface area (Å²) in [5, 5.41) is 0. The highest BCUT2D eigenvalue weighted by Crippen LogP contribution is 2.62. The Kier molecular flexibility index (Phi) is 5.19. The Morgan fingerprint density at radius 2 is 1.32 bits per heavy atom. The number of methoxy groups -OCH3 is 2. The van der Waals surface area contributed by atoms with Crippen LogP contribution in [0.5, 0.6) is 11.8 Å². The molecule has 2 heterocycles. The number of hydrogen-bond acceptors (Lipinski definition) is 6. The highest BCUT2D eigenvalue weighted by atomic mass is 16.5. The van der Waals surface area contributed by atoms with Crippen molar-refractivity contribution < 1.29 is 9.47 Å². The number of hydrogen-bond donors (Lipinski definition) is 0. The van der Waals surface area contributed by atoms with E-state index in [0.29, 0.717) is 23.6 Å². The molecule has 0 N–H and O–H groups in total. The van der Waals surface area contributed by atoms with Crippen molar-refractivity contribution in [3.8, 4) is 11.8 Å². The molecule has 1 aliphatic carbocycles. The Labute approximate surface area is 165 Å². The number of ether oxygens (including phenoxy) is 2. The van der Waals surface area contributed by atoms with E-state index in [2.05, 4.69) is 47.2 Å². The average molecular weight is 376 g/mol. The van der Waals surface area contributed by atoms with E-state index >= 15 is 0 Å². The van der Waals surface area contributed by atoms with Gasteiger partial charge in [0.05, 0.1) is 38.0 Å². The maximum absolute atomic E-state index is 5.32. The fraction of sp³-hybridized carbons (Fsp3) is 0.364. The van der Waals surface area contributed by atoms with Gasteiger partial charge in [-0.1, -0.05) is 43.7 Å². The molecule has 1 aromatic carbocycles. The van der Waals surface area contributed by atoms with E-state index < -0.39 is 0 Å². The maximum atomic E-state index is 5.32. The van der Waals surface area contributed by atoms with Gasteiger partial charge in [0.1, 0.15) is 0 Å². The maximum Gasteiger partial charge on any atom is 0.232 e. The minimum absolute atomic E-state index is 0.149. The molecule has 1 aliphatic rings. The fourth-order valence-corrected chi connectivity index (χ4v) is 4.49. The lowest BCUT2D eigenvalue weighted by molar-refractivity contribution is 0.141. The van der Waals surface area contributed by atoms with Crippen LogP contribution in [-0.2, 0) is 0 Å². The van der Waals surface area contributed by atoms with Crippen molar-refractivity contribution in [3.05, 3.63) is 72.1 Å². The zero-order chi connectivity index (χ0) is 19.5. The van der Waals surface area contributed by atoms with Crippen LogP contribution in [0.4, 0.5) is 0 Å². The standard InChI is InChI=1S/C22H24N4O2/c1-4-15-20(14-8-6-5-7-9-14)22(17-11-24-13-19(26-17)28-3)21(15)16-10-23-12-18(25-16)27-2/h5-13,15,20-22H,4H2,1-3H3. The molecule has 4 rings (SSSR count). The molecule has 0 bridgehead atoms. The summed E-state index contributed by atoms with van der Waals surface area (Å²) >= 11 is 0. The molecule has 0 saturated heterocycles. The monoisotopic (exact) mass is 376 g/mol. The first-order chi connectivity index (χ1) is 13.8.